The minimum absolute atomic E-state index is 0.165. The SMILES string of the molecule is O=C(c1cnn2ccncc12)N1CCOc2cccc(F)c2C1. The van der Waals surface area contributed by atoms with Gasteiger partial charge in [-0.1, -0.05) is 6.07 Å². The van der Waals surface area contributed by atoms with Crippen molar-refractivity contribution >= 4 is 11.4 Å². The molecule has 1 amide bonds. The van der Waals surface area contributed by atoms with Gasteiger partial charge in [0.25, 0.3) is 5.91 Å². The van der Waals surface area contributed by atoms with Crippen molar-refractivity contribution in [3.63, 3.8) is 0 Å². The number of hydrogen-bond donors (Lipinski definition) is 0. The van der Waals surface area contributed by atoms with E-state index < -0.39 is 0 Å². The summed E-state index contributed by atoms with van der Waals surface area (Å²) < 4.78 is 21.2. The largest absolute Gasteiger partial charge is 0.491 e. The normalized spacial score (nSPS) is 14.2. The van der Waals surface area contributed by atoms with E-state index in [-0.39, 0.29) is 18.3 Å². The van der Waals surface area contributed by atoms with E-state index in [0.29, 0.717) is 35.5 Å². The van der Waals surface area contributed by atoms with E-state index in [0.717, 1.165) is 0 Å². The predicted octanol–water partition coefficient (Wildman–Crippen LogP) is 1.90. The Labute approximate surface area is 131 Å². The van der Waals surface area contributed by atoms with Gasteiger partial charge < -0.3 is 9.64 Å². The molecule has 23 heavy (non-hydrogen) atoms. The van der Waals surface area contributed by atoms with Gasteiger partial charge in [0.2, 0.25) is 0 Å². The van der Waals surface area contributed by atoms with Crippen molar-refractivity contribution in [3.8, 4) is 5.75 Å². The molecule has 6 nitrogen and oxygen atoms in total. The van der Waals surface area contributed by atoms with Gasteiger partial charge in [-0.3, -0.25) is 9.78 Å². The summed E-state index contributed by atoms with van der Waals surface area (Å²) in [7, 11) is 0. The van der Waals surface area contributed by atoms with Gasteiger partial charge >= 0.3 is 0 Å². The zero-order chi connectivity index (χ0) is 15.8. The molecule has 2 aromatic heterocycles. The number of rotatable bonds is 1. The summed E-state index contributed by atoms with van der Waals surface area (Å²) in [5.74, 6) is -0.0988. The standard InChI is InChI=1S/C16H13FN4O2/c17-13-2-1-3-15-12(13)10-20(6-7-23-15)16(22)11-8-19-21-5-4-18-9-14(11)21/h1-5,8-9H,6-7,10H2. The second-order valence-electron chi connectivity index (χ2n) is 5.26. The molecule has 0 saturated carbocycles. The molecule has 0 radical (unpaired) electrons. The Morgan fingerprint density at radius 1 is 1.30 bits per heavy atom. The van der Waals surface area contributed by atoms with Crippen LogP contribution in [0.2, 0.25) is 0 Å². The Balaban J connectivity index is 1.70. The Morgan fingerprint density at radius 3 is 3.13 bits per heavy atom. The summed E-state index contributed by atoms with van der Waals surface area (Å²) >= 11 is 0. The maximum atomic E-state index is 14.0. The molecule has 1 aliphatic rings. The fourth-order valence-electron chi connectivity index (χ4n) is 2.71. The van der Waals surface area contributed by atoms with Crippen LogP contribution in [0.25, 0.3) is 5.52 Å². The zero-order valence-electron chi connectivity index (χ0n) is 12.1. The highest BCUT2D eigenvalue weighted by Crippen LogP contribution is 2.26. The molecule has 0 fully saturated rings. The lowest BCUT2D eigenvalue weighted by Crippen LogP contribution is -2.32. The molecule has 1 aliphatic heterocycles. The first kappa shape index (κ1) is 13.7. The predicted molar refractivity (Wildman–Crippen MR) is 79.6 cm³/mol. The number of nitrogens with zero attached hydrogens (tertiary/aromatic N) is 4. The third-order valence-electron chi connectivity index (χ3n) is 3.89. The molecule has 0 aliphatic carbocycles. The van der Waals surface area contributed by atoms with Crippen molar-refractivity contribution in [2.45, 2.75) is 6.54 Å². The molecule has 0 atom stereocenters. The molecule has 4 rings (SSSR count). The van der Waals surface area contributed by atoms with Gasteiger partial charge in [0, 0.05) is 18.0 Å². The zero-order valence-corrected chi connectivity index (χ0v) is 12.1. The third-order valence-corrected chi connectivity index (χ3v) is 3.89. The van der Waals surface area contributed by atoms with Gasteiger partial charge in [0.1, 0.15) is 18.2 Å². The van der Waals surface area contributed by atoms with Gasteiger partial charge in [0.05, 0.1) is 36.6 Å². The number of carbonyl (C=O) groups is 1. The van der Waals surface area contributed by atoms with Crippen LogP contribution < -0.4 is 4.74 Å². The van der Waals surface area contributed by atoms with Crippen molar-refractivity contribution in [1.29, 1.82) is 0 Å². The fourth-order valence-corrected chi connectivity index (χ4v) is 2.71. The van der Waals surface area contributed by atoms with E-state index in [2.05, 4.69) is 10.1 Å². The highest BCUT2D eigenvalue weighted by Gasteiger charge is 2.25. The smallest absolute Gasteiger partial charge is 0.258 e. The Morgan fingerprint density at radius 2 is 2.22 bits per heavy atom. The Hall–Kier alpha value is -2.96. The first-order valence-corrected chi connectivity index (χ1v) is 7.21. The minimum atomic E-state index is -0.372. The lowest BCUT2D eigenvalue weighted by molar-refractivity contribution is 0.0734. The molecule has 0 N–H and O–H groups in total. The van der Waals surface area contributed by atoms with Crippen molar-refractivity contribution in [1.82, 2.24) is 19.5 Å². The fraction of sp³-hybridized carbons (Fsp3) is 0.188. The summed E-state index contributed by atoms with van der Waals surface area (Å²) in [5.41, 5.74) is 1.46. The van der Waals surface area contributed by atoms with Gasteiger partial charge in [-0.05, 0) is 12.1 Å². The number of carbonyl (C=O) groups excluding carboxylic acids is 1. The van der Waals surface area contributed by atoms with E-state index in [9.17, 15) is 9.18 Å². The van der Waals surface area contributed by atoms with Crippen LogP contribution >= 0.6 is 0 Å². The highest BCUT2D eigenvalue weighted by atomic mass is 19.1. The number of amides is 1. The van der Waals surface area contributed by atoms with Crippen LogP contribution in [0.3, 0.4) is 0 Å². The van der Waals surface area contributed by atoms with Gasteiger partial charge in [-0.15, -0.1) is 0 Å². The summed E-state index contributed by atoms with van der Waals surface area (Å²) in [4.78, 5) is 18.4. The van der Waals surface area contributed by atoms with Crippen LogP contribution in [0, 0.1) is 5.82 Å². The second kappa shape index (κ2) is 5.35. The molecule has 3 aromatic rings. The number of aromatic nitrogens is 3. The number of benzene rings is 1. The summed E-state index contributed by atoms with van der Waals surface area (Å²) in [5, 5.41) is 4.14. The topological polar surface area (TPSA) is 59.7 Å². The first-order valence-electron chi connectivity index (χ1n) is 7.21. The molecule has 0 saturated heterocycles. The maximum absolute atomic E-state index is 14.0. The van der Waals surface area contributed by atoms with Crippen LogP contribution in [0.1, 0.15) is 15.9 Å². The van der Waals surface area contributed by atoms with Gasteiger partial charge in [-0.2, -0.15) is 5.10 Å². The molecule has 1 aromatic carbocycles. The van der Waals surface area contributed by atoms with E-state index in [1.54, 1.807) is 40.1 Å². The molecule has 0 bridgehead atoms. The molecular weight excluding hydrogens is 299 g/mol. The monoisotopic (exact) mass is 312 g/mol. The van der Waals surface area contributed by atoms with E-state index in [1.165, 1.54) is 12.3 Å². The molecule has 0 unspecified atom stereocenters. The van der Waals surface area contributed by atoms with E-state index in [1.807, 2.05) is 0 Å². The average Bonchev–Trinajstić information content (AvgIpc) is 2.87. The van der Waals surface area contributed by atoms with Crippen LogP contribution in [0.5, 0.6) is 5.75 Å². The number of halogens is 1. The van der Waals surface area contributed by atoms with Crippen LogP contribution in [-0.4, -0.2) is 38.6 Å². The average molecular weight is 312 g/mol. The van der Waals surface area contributed by atoms with Crippen molar-refractivity contribution in [3.05, 3.63) is 59.9 Å². The quantitative estimate of drug-likeness (QED) is 0.688. The van der Waals surface area contributed by atoms with E-state index in [4.69, 9.17) is 4.74 Å². The molecule has 7 heteroatoms. The molecule has 0 spiro atoms. The highest BCUT2D eigenvalue weighted by molar-refractivity contribution is 6.00. The number of hydrogen-bond acceptors (Lipinski definition) is 4. The molecular formula is C16H13FN4O2. The summed E-state index contributed by atoms with van der Waals surface area (Å²) in [6, 6.07) is 4.68. The van der Waals surface area contributed by atoms with Crippen molar-refractivity contribution < 1.29 is 13.9 Å². The van der Waals surface area contributed by atoms with E-state index >= 15 is 0 Å². The van der Waals surface area contributed by atoms with Crippen LogP contribution in [0.4, 0.5) is 4.39 Å². The summed E-state index contributed by atoms with van der Waals surface area (Å²) in [6.45, 7) is 0.864. The molecule has 3 heterocycles. The van der Waals surface area contributed by atoms with Crippen molar-refractivity contribution in [2.24, 2.45) is 0 Å². The minimum Gasteiger partial charge on any atom is -0.491 e. The second-order valence-corrected chi connectivity index (χ2v) is 5.26. The number of ether oxygens (including phenoxy) is 1. The maximum Gasteiger partial charge on any atom is 0.258 e. The third kappa shape index (κ3) is 2.30. The van der Waals surface area contributed by atoms with Gasteiger partial charge in [-0.25, -0.2) is 8.91 Å². The number of fused-ring (bicyclic) bond motifs is 2. The molecule has 116 valence electrons. The van der Waals surface area contributed by atoms with Gasteiger partial charge in [0.15, 0.2) is 0 Å². The lowest BCUT2D eigenvalue weighted by Gasteiger charge is -2.19. The van der Waals surface area contributed by atoms with Crippen LogP contribution in [-0.2, 0) is 6.54 Å². The van der Waals surface area contributed by atoms with Crippen LogP contribution in [0.15, 0.2) is 43.0 Å². The summed E-state index contributed by atoms with van der Waals surface area (Å²) in [6.07, 6.45) is 6.36. The first-order chi connectivity index (χ1) is 11.2. The Kier molecular flexibility index (Phi) is 3.18. The lowest BCUT2D eigenvalue weighted by atomic mass is 10.1. The Bertz CT molecular complexity index is 893. The van der Waals surface area contributed by atoms with Crippen molar-refractivity contribution in [2.75, 3.05) is 13.2 Å².